The maximum absolute atomic E-state index is 13.3. The Bertz CT molecular complexity index is 1320. The summed E-state index contributed by atoms with van der Waals surface area (Å²) in [6.07, 6.45) is 1.14. The number of anilines is 2. The number of amides is 1. The molecule has 1 aromatic heterocycles. The highest BCUT2D eigenvalue weighted by molar-refractivity contribution is 7.09. The quantitative estimate of drug-likeness (QED) is 0.258. The first kappa shape index (κ1) is 26.7. The summed E-state index contributed by atoms with van der Waals surface area (Å²) in [7, 11) is 0. The topological polar surface area (TPSA) is 61.8 Å². The van der Waals surface area contributed by atoms with E-state index in [1.165, 1.54) is 22.7 Å². The van der Waals surface area contributed by atoms with Crippen molar-refractivity contribution in [3.63, 3.8) is 0 Å². The Hall–Kier alpha value is -3.91. The highest BCUT2D eigenvalue weighted by atomic mass is 32.1. The summed E-state index contributed by atoms with van der Waals surface area (Å²) in [5.41, 5.74) is 3.48. The van der Waals surface area contributed by atoms with E-state index in [2.05, 4.69) is 44.5 Å². The van der Waals surface area contributed by atoms with E-state index in [0.29, 0.717) is 45.6 Å². The number of carbonyl (C=O) groups is 1. The van der Waals surface area contributed by atoms with Gasteiger partial charge in [0.1, 0.15) is 11.6 Å². The first-order valence-corrected chi connectivity index (χ1v) is 14.4. The van der Waals surface area contributed by atoms with Gasteiger partial charge in [-0.15, -0.1) is 0 Å². The van der Waals surface area contributed by atoms with Crippen molar-refractivity contribution < 1.29 is 9.53 Å². The lowest BCUT2D eigenvalue weighted by Crippen LogP contribution is -2.49. The second-order valence-corrected chi connectivity index (χ2v) is 10.3. The lowest BCUT2D eigenvalue weighted by atomic mass is 10.1. The van der Waals surface area contributed by atoms with Crippen molar-refractivity contribution in [3.8, 4) is 5.75 Å². The number of rotatable bonds is 11. The summed E-state index contributed by atoms with van der Waals surface area (Å²) in [6.45, 7) is 6.93. The molecule has 4 aromatic rings. The molecule has 2 heterocycles. The SMILES string of the molecule is CCOc1ccccc1N1CCN(C(=O)CCN(Cc2ccccc2)c2nc(Cc3ccccc3)ns2)CC1. The first-order valence-electron chi connectivity index (χ1n) is 13.6. The predicted octanol–water partition coefficient (Wildman–Crippen LogP) is 5.27. The molecule has 5 rings (SSSR count). The van der Waals surface area contributed by atoms with Gasteiger partial charge in [-0.05, 0) is 30.2 Å². The van der Waals surface area contributed by atoms with Gasteiger partial charge in [0.25, 0.3) is 0 Å². The minimum atomic E-state index is 0.180. The normalized spacial score (nSPS) is 13.4. The fraction of sp³-hybridized carbons (Fsp3) is 0.323. The predicted molar refractivity (Wildman–Crippen MR) is 158 cm³/mol. The Morgan fingerprint density at radius 3 is 2.28 bits per heavy atom. The van der Waals surface area contributed by atoms with Crippen LogP contribution >= 0.6 is 11.5 Å². The molecule has 1 amide bonds. The standard InChI is InChI=1S/C31H35N5O2S/c1-2-38-28-16-10-9-15-27(28)34-19-21-35(22-20-34)30(37)17-18-36(24-26-13-7-4-8-14-26)31-32-29(33-39-31)23-25-11-5-3-6-12-25/h3-16H,2,17-24H2,1H3. The van der Waals surface area contributed by atoms with E-state index >= 15 is 0 Å². The van der Waals surface area contributed by atoms with Gasteiger partial charge in [-0.2, -0.15) is 4.37 Å². The summed E-state index contributed by atoms with van der Waals surface area (Å²) in [5.74, 6) is 1.90. The van der Waals surface area contributed by atoms with Crippen LogP contribution in [-0.4, -0.2) is 59.5 Å². The van der Waals surface area contributed by atoms with E-state index in [-0.39, 0.29) is 5.91 Å². The van der Waals surface area contributed by atoms with Crippen LogP contribution in [0.2, 0.25) is 0 Å². The number of aromatic nitrogens is 2. The maximum Gasteiger partial charge on any atom is 0.224 e. The van der Waals surface area contributed by atoms with Gasteiger partial charge in [-0.25, -0.2) is 4.98 Å². The molecule has 0 unspecified atom stereocenters. The van der Waals surface area contributed by atoms with Crippen LogP contribution in [0.1, 0.15) is 30.3 Å². The van der Waals surface area contributed by atoms with E-state index in [1.54, 1.807) is 0 Å². The van der Waals surface area contributed by atoms with Crippen molar-refractivity contribution in [3.05, 3.63) is 102 Å². The van der Waals surface area contributed by atoms with Crippen LogP contribution in [0.3, 0.4) is 0 Å². The summed E-state index contributed by atoms with van der Waals surface area (Å²) in [5, 5.41) is 0.856. The van der Waals surface area contributed by atoms with Crippen molar-refractivity contribution in [1.82, 2.24) is 14.3 Å². The molecule has 0 N–H and O–H groups in total. The summed E-state index contributed by atoms with van der Waals surface area (Å²) >= 11 is 1.41. The molecule has 202 valence electrons. The highest BCUT2D eigenvalue weighted by Crippen LogP contribution is 2.29. The molecule has 0 spiro atoms. The van der Waals surface area contributed by atoms with Crippen molar-refractivity contribution in [2.45, 2.75) is 26.3 Å². The molecule has 1 fully saturated rings. The molecule has 7 nitrogen and oxygen atoms in total. The van der Waals surface area contributed by atoms with Crippen molar-refractivity contribution in [2.75, 3.05) is 49.1 Å². The van der Waals surface area contributed by atoms with E-state index in [0.717, 1.165) is 35.5 Å². The van der Waals surface area contributed by atoms with Gasteiger partial charge in [-0.1, -0.05) is 72.8 Å². The molecule has 0 saturated carbocycles. The van der Waals surface area contributed by atoms with Gasteiger partial charge in [-0.3, -0.25) is 4.79 Å². The zero-order valence-corrected chi connectivity index (χ0v) is 23.2. The van der Waals surface area contributed by atoms with Gasteiger partial charge < -0.3 is 19.4 Å². The van der Waals surface area contributed by atoms with E-state index in [1.807, 2.05) is 66.4 Å². The Labute approximate surface area is 234 Å². The van der Waals surface area contributed by atoms with Gasteiger partial charge in [0.05, 0.1) is 12.3 Å². The maximum atomic E-state index is 13.3. The molecule has 8 heteroatoms. The Morgan fingerprint density at radius 1 is 0.897 bits per heavy atom. The lowest BCUT2D eigenvalue weighted by Gasteiger charge is -2.37. The van der Waals surface area contributed by atoms with Crippen LogP contribution in [0.25, 0.3) is 0 Å². The number of hydrogen-bond donors (Lipinski definition) is 0. The second kappa shape index (κ2) is 13.2. The minimum Gasteiger partial charge on any atom is -0.492 e. The Morgan fingerprint density at radius 2 is 1.56 bits per heavy atom. The fourth-order valence-corrected chi connectivity index (χ4v) is 5.56. The van der Waals surface area contributed by atoms with Crippen LogP contribution in [0.4, 0.5) is 10.8 Å². The van der Waals surface area contributed by atoms with Crippen LogP contribution in [-0.2, 0) is 17.8 Å². The molecule has 0 radical (unpaired) electrons. The molecule has 1 saturated heterocycles. The lowest BCUT2D eigenvalue weighted by molar-refractivity contribution is -0.131. The average Bonchev–Trinajstić information content (AvgIpc) is 3.45. The second-order valence-electron chi connectivity index (χ2n) is 9.58. The number of carbonyl (C=O) groups excluding carboxylic acids is 1. The Balaban J connectivity index is 1.20. The van der Waals surface area contributed by atoms with E-state index in [9.17, 15) is 4.79 Å². The van der Waals surface area contributed by atoms with Gasteiger partial charge >= 0.3 is 0 Å². The van der Waals surface area contributed by atoms with Gasteiger partial charge in [0, 0.05) is 63.6 Å². The molecule has 0 aliphatic carbocycles. The third kappa shape index (κ3) is 7.15. The van der Waals surface area contributed by atoms with Crippen LogP contribution in [0.5, 0.6) is 5.75 Å². The largest absolute Gasteiger partial charge is 0.492 e. The Kier molecular flexibility index (Phi) is 9.06. The number of para-hydroxylation sites is 2. The smallest absolute Gasteiger partial charge is 0.224 e. The van der Waals surface area contributed by atoms with Gasteiger partial charge in [0.2, 0.25) is 11.0 Å². The van der Waals surface area contributed by atoms with E-state index in [4.69, 9.17) is 9.72 Å². The highest BCUT2D eigenvalue weighted by Gasteiger charge is 2.24. The summed E-state index contributed by atoms with van der Waals surface area (Å²) in [6, 6.07) is 28.7. The number of benzene rings is 3. The van der Waals surface area contributed by atoms with Crippen molar-refractivity contribution in [2.24, 2.45) is 0 Å². The molecule has 0 bridgehead atoms. The number of piperazine rings is 1. The van der Waals surface area contributed by atoms with Crippen molar-refractivity contribution in [1.29, 1.82) is 0 Å². The van der Waals surface area contributed by atoms with E-state index < -0.39 is 0 Å². The fourth-order valence-electron chi connectivity index (χ4n) is 4.85. The number of hydrogen-bond acceptors (Lipinski definition) is 7. The van der Waals surface area contributed by atoms with Crippen molar-refractivity contribution >= 4 is 28.3 Å². The molecule has 1 aliphatic heterocycles. The molecule has 1 aliphatic rings. The third-order valence-corrected chi connectivity index (χ3v) is 7.70. The monoisotopic (exact) mass is 541 g/mol. The third-order valence-electron chi connectivity index (χ3n) is 6.88. The molecular formula is C31H35N5O2S. The summed E-state index contributed by atoms with van der Waals surface area (Å²) in [4.78, 5) is 24.6. The first-order chi connectivity index (χ1) is 19.2. The molecule has 0 atom stereocenters. The van der Waals surface area contributed by atoms with Crippen LogP contribution in [0.15, 0.2) is 84.9 Å². The number of nitrogens with zero attached hydrogens (tertiary/aromatic N) is 5. The molecular weight excluding hydrogens is 506 g/mol. The minimum absolute atomic E-state index is 0.180. The van der Waals surface area contributed by atoms with Gasteiger partial charge in [0.15, 0.2) is 0 Å². The van der Waals surface area contributed by atoms with Crippen LogP contribution < -0.4 is 14.5 Å². The molecule has 3 aromatic carbocycles. The average molecular weight is 542 g/mol. The number of ether oxygens (including phenoxy) is 1. The molecule has 39 heavy (non-hydrogen) atoms. The zero-order chi connectivity index (χ0) is 26.9. The van der Waals surface area contributed by atoms with Crippen LogP contribution in [0, 0.1) is 0 Å². The summed E-state index contributed by atoms with van der Waals surface area (Å²) < 4.78 is 10.4. The zero-order valence-electron chi connectivity index (χ0n) is 22.4.